The van der Waals surface area contributed by atoms with Gasteiger partial charge in [0.1, 0.15) is 5.69 Å². The lowest BCUT2D eigenvalue weighted by Crippen LogP contribution is -2.18. The van der Waals surface area contributed by atoms with Crippen LogP contribution in [0.15, 0.2) is 53.1 Å². The lowest BCUT2D eigenvalue weighted by molar-refractivity contribution is 0.406. The summed E-state index contributed by atoms with van der Waals surface area (Å²) in [6.07, 6.45) is 2.24. The van der Waals surface area contributed by atoms with Crippen molar-refractivity contribution in [3.63, 3.8) is 0 Å². The molecule has 0 radical (unpaired) electrons. The molecule has 0 bridgehead atoms. The molecule has 0 unspecified atom stereocenters. The number of halogens is 2. The minimum Gasteiger partial charge on any atom is -0.492 e. The van der Waals surface area contributed by atoms with Gasteiger partial charge in [0, 0.05) is 23.7 Å². The van der Waals surface area contributed by atoms with Crippen molar-refractivity contribution in [1.29, 1.82) is 0 Å². The summed E-state index contributed by atoms with van der Waals surface area (Å²) in [6.45, 7) is 1.83. The van der Waals surface area contributed by atoms with Crippen molar-refractivity contribution in [1.82, 2.24) is 19.9 Å². The van der Waals surface area contributed by atoms with Gasteiger partial charge in [-0.1, -0.05) is 47.5 Å². The van der Waals surface area contributed by atoms with Gasteiger partial charge in [-0.15, -0.1) is 0 Å². The van der Waals surface area contributed by atoms with Gasteiger partial charge < -0.3 is 14.2 Å². The minimum atomic E-state index is 0.291. The van der Waals surface area contributed by atoms with E-state index >= 15 is 0 Å². The fourth-order valence-corrected chi connectivity index (χ4v) is 4.10. The number of benzene rings is 2. The Bertz CT molecular complexity index is 1210. The summed E-state index contributed by atoms with van der Waals surface area (Å²) in [7, 11) is 1.59. The number of para-hydroxylation sites is 1. The van der Waals surface area contributed by atoms with Crippen molar-refractivity contribution in [2.75, 3.05) is 25.1 Å². The van der Waals surface area contributed by atoms with E-state index in [1.807, 2.05) is 48.5 Å². The number of rotatable bonds is 5. The second kappa shape index (κ2) is 8.24. The molecule has 1 aliphatic heterocycles. The molecule has 5 rings (SSSR count). The normalized spacial score (nSPS) is 13.7. The molecule has 0 spiro atoms. The first-order chi connectivity index (χ1) is 15.2. The Morgan fingerprint density at radius 1 is 1.00 bits per heavy atom. The van der Waals surface area contributed by atoms with Gasteiger partial charge in [-0.05, 0) is 42.3 Å². The monoisotopic (exact) mass is 455 g/mol. The van der Waals surface area contributed by atoms with Gasteiger partial charge in [-0.25, -0.2) is 4.68 Å². The molecule has 1 saturated heterocycles. The van der Waals surface area contributed by atoms with Crippen molar-refractivity contribution in [2.45, 2.75) is 12.8 Å². The Morgan fingerprint density at radius 2 is 1.74 bits per heavy atom. The molecule has 31 heavy (non-hydrogen) atoms. The second-order valence-electron chi connectivity index (χ2n) is 7.19. The van der Waals surface area contributed by atoms with Crippen LogP contribution < -0.4 is 9.64 Å². The number of hydrogen-bond donors (Lipinski definition) is 0. The van der Waals surface area contributed by atoms with E-state index in [1.165, 1.54) is 0 Å². The van der Waals surface area contributed by atoms with E-state index in [0.717, 1.165) is 31.5 Å². The zero-order valence-electron chi connectivity index (χ0n) is 16.8. The van der Waals surface area contributed by atoms with Crippen LogP contribution in [0.2, 0.25) is 10.0 Å². The smallest absolute Gasteiger partial charge is 0.283 e. The molecule has 4 aromatic rings. The third-order valence-corrected chi connectivity index (χ3v) is 5.82. The highest BCUT2D eigenvalue weighted by Crippen LogP contribution is 2.41. The molecule has 1 fully saturated rings. The van der Waals surface area contributed by atoms with Crippen LogP contribution in [-0.4, -0.2) is 40.1 Å². The molecule has 0 amide bonds. The van der Waals surface area contributed by atoms with E-state index in [1.54, 1.807) is 11.8 Å². The van der Waals surface area contributed by atoms with Crippen LogP contribution >= 0.6 is 23.2 Å². The maximum absolute atomic E-state index is 6.50. The number of methoxy groups -OCH3 is 1. The summed E-state index contributed by atoms with van der Waals surface area (Å²) in [5, 5.41) is 10.1. The Labute approximate surface area is 189 Å². The maximum atomic E-state index is 6.50. The van der Waals surface area contributed by atoms with Gasteiger partial charge in [-0.3, -0.25) is 0 Å². The van der Waals surface area contributed by atoms with E-state index in [9.17, 15) is 0 Å². The van der Waals surface area contributed by atoms with Crippen molar-refractivity contribution in [3.8, 4) is 34.3 Å². The minimum absolute atomic E-state index is 0.291. The molecular formula is C22H19Cl2N5O2. The van der Waals surface area contributed by atoms with E-state index in [2.05, 4.69) is 15.0 Å². The molecule has 2 aromatic carbocycles. The van der Waals surface area contributed by atoms with Crippen molar-refractivity contribution in [3.05, 3.63) is 58.6 Å². The average Bonchev–Trinajstić information content (AvgIpc) is 3.53. The summed E-state index contributed by atoms with van der Waals surface area (Å²) in [6, 6.07) is 14.9. The standard InChI is InChI=1S/C22H19Cl2N5O2/c1-30-20-18(21-25-22(27-31-21)28-12-4-5-13-28)26-29(17-7-3-2-6-16(17)24)19(20)14-8-10-15(23)11-9-14/h2-3,6-11H,4-5,12-13H2,1H3. The van der Waals surface area contributed by atoms with E-state index < -0.39 is 0 Å². The fourth-order valence-electron chi connectivity index (χ4n) is 3.75. The lowest BCUT2D eigenvalue weighted by Gasteiger charge is -2.10. The summed E-state index contributed by atoms with van der Waals surface area (Å²) < 4.78 is 13.1. The van der Waals surface area contributed by atoms with Gasteiger partial charge in [0.25, 0.3) is 11.8 Å². The van der Waals surface area contributed by atoms with Crippen molar-refractivity contribution in [2.24, 2.45) is 0 Å². The molecular weight excluding hydrogens is 437 g/mol. The SMILES string of the molecule is COc1c(-c2nc(N3CCCC3)no2)nn(-c2ccccc2Cl)c1-c1ccc(Cl)cc1. The highest BCUT2D eigenvalue weighted by atomic mass is 35.5. The molecule has 1 aliphatic rings. The predicted molar refractivity (Wildman–Crippen MR) is 120 cm³/mol. The fraction of sp³-hybridized carbons (Fsp3) is 0.227. The molecule has 9 heteroatoms. The van der Waals surface area contributed by atoms with E-state index in [4.69, 9.17) is 37.6 Å². The van der Waals surface area contributed by atoms with Crippen LogP contribution in [0.1, 0.15) is 12.8 Å². The topological polar surface area (TPSA) is 69.2 Å². The summed E-state index contributed by atoms with van der Waals surface area (Å²) in [4.78, 5) is 6.69. The third-order valence-electron chi connectivity index (χ3n) is 5.25. The van der Waals surface area contributed by atoms with Gasteiger partial charge >= 0.3 is 0 Å². The molecule has 0 N–H and O–H groups in total. The second-order valence-corrected chi connectivity index (χ2v) is 8.04. The Kier molecular flexibility index (Phi) is 5.29. The van der Waals surface area contributed by atoms with Gasteiger partial charge in [-0.2, -0.15) is 10.1 Å². The molecule has 0 atom stereocenters. The zero-order chi connectivity index (χ0) is 21.4. The number of aromatic nitrogens is 4. The van der Waals surface area contributed by atoms with E-state index in [-0.39, 0.29) is 0 Å². The summed E-state index contributed by atoms with van der Waals surface area (Å²) >= 11 is 12.6. The van der Waals surface area contributed by atoms with E-state index in [0.29, 0.717) is 44.7 Å². The molecule has 2 aromatic heterocycles. The van der Waals surface area contributed by atoms with Crippen molar-refractivity contribution >= 4 is 29.2 Å². The third kappa shape index (κ3) is 3.64. The van der Waals surface area contributed by atoms with Crippen LogP contribution in [-0.2, 0) is 0 Å². The number of anilines is 1. The molecule has 7 nitrogen and oxygen atoms in total. The van der Waals surface area contributed by atoms with Crippen LogP contribution in [0.5, 0.6) is 5.75 Å². The maximum Gasteiger partial charge on any atom is 0.283 e. The first-order valence-corrected chi connectivity index (χ1v) is 10.7. The molecule has 0 saturated carbocycles. The first-order valence-electron chi connectivity index (χ1n) is 9.92. The Morgan fingerprint density at radius 3 is 2.45 bits per heavy atom. The molecule has 0 aliphatic carbocycles. The Hall–Kier alpha value is -3.03. The summed E-state index contributed by atoms with van der Waals surface area (Å²) in [5.74, 6) is 1.37. The molecule has 3 heterocycles. The largest absolute Gasteiger partial charge is 0.492 e. The van der Waals surface area contributed by atoms with Crippen LogP contribution in [0.25, 0.3) is 28.5 Å². The Balaban J connectivity index is 1.70. The van der Waals surface area contributed by atoms with Crippen LogP contribution in [0, 0.1) is 0 Å². The average molecular weight is 456 g/mol. The van der Waals surface area contributed by atoms with Gasteiger partial charge in [0.15, 0.2) is 11.4 Å². The van der Waals surface area contributed by atoms with Crippen LogP contribution in [0.4, 0.5) is 5.95 Å². The first kappa shape index (κ1) is 19.9. The zero-order valence-corrected chi connectivity index (χ0v) is 18.3. The van der Waals surface area contributed by atoms with Gasteiger partial charge in [0.05, 0.1) is 17.8 Å². The van der Waals surface area contributed by atoms with Crippen molar-refractivity contribution < 1.29 is 9.26 Å². The quantitative estimate of drug-likeness (QED) is 0.395. The summed E-state index contributed by atoms with van der Waals surface area (Å²) in [5.41, 5.74) is 2.73. The number of hydrogen-bond acceptors (Lipinski definition) is 6. The predicted octanol–water partition coefficient (Wildman–Crippen LogP) is 5.50. The number of ether oxygens (including phenoxy) is 1. The molecule has 158 valence electrons. The lowest BCUT2D eigenvalue weighted by atomic mass is 10.1. The number of nitrogens with zero attached hydrogens (tertiary/aromatic N) is 5. The van der Waals surface area contributed by atoms with Crippen LogP contribution in [0.3, 0.4) is 0 Å². The highest BCUT2D eigenvalue weighted by Gasteiger charge is 2.28. The highest BCUT2D eigenvalue weighted by molar-refractivity contribution is 6.32. The van der Waals surface area contributed by atoms with Gasteiger partial charge in [0.2, 0.25) is 0 Å².